The molecule has 120 valence electrons. The van der Waals surface area contributed by atoms with Gasteiger partial charge in [-0.15, -0.1) is 0 Å². The molecule has 0 aliphatic heterocycles. The second-order valence-electron chi connectivity index (χ2n) is 7.00. The Balaban J connectivity index is 1.98. The average Bonchev–Trinajstić information content (AvgIpc) is 2.72. The Morgan fingerprint density at radius 2 is 0.808 bits per heavy atom. The minimum atomic E-state index is 1.30. The van der Waals surface area contributed by atoms with Crippen molar-refractivity contribution in [2.24, 2.45) is 0 Å². The lowest BCUT2D eigenvalue weighted by molar-refractivity contribution is 1.78. The second-order valence-corrected chi connectivity index (χ2v) is 7.00. The first-order chi connectivity index (χ1) is 12.9. The highest BCUT2D eigenvalue weighted by Gasteiger charge is 2.11. The van der Waals surface area contributed by atoms with Crippen molar-refractivity contribution in [3.63, 3.8) is 0 Å². The van der Waals surface area contributed by atoms with E-state index in [2.05, 4.69) is 97.1 Å². The van der Waals surface area contributed by atoms with Gasteiger partial charge in [0.05, 0.1) is 0 Å². The summed E-state index contributed by atoms with van der Waals surface area (Å²) < 4.78 is 0. The summed E-state index contributed by atoms with van der Waals surface area (Å²) in [6.07, 6.45) is 0. The van der Waals surface area contributed by atoms with Gasteiger partial charge in [-0.25, -0.2) is 0 Å². The van der Waals surface area contributed by atoms with Crippen molar-refractivity contribution in [2.45, 2.75) is 0 Å². The molecule has 0 aliphatic rings. The van der Waals surface area contributed by atoms with Gasteiger partial charge in [-0.2, -0.15) is 0 Å². The molecule has 0 radical (unpaired) electrons. The van der Waals surface area contributed by atoms with E-state index in [0.29, 0.717) is 0 Å². The maximum absolute atomic E-state index is 2.36. The van der Waals surface area contributed by atoms with Crippen LogP contribution in [0.1, 0.15) is 0 Å². The van der Waals surface area contributed by atoms with Crippen molar-refractivity contribution in [3.8, 4) is 0 Å². The predicted molar refractivity (Wildman–Crippen MR) is 114 cm³/mol. The van der Waals surface area contributed by atoms with Crippen molar-refractivity contribution >= 4 is 53.9 Å². The van der Waals surface area contributed by atoms with Crippen LogP contribution in [-0.4, -0.2) is 0 Å². The Morgan fingerprint density at radius 3 is 1.50 bits per heavy atom. The zero-order valence-corrected chi connectivity index (χ0v) is 14.2. The fourth-order valence-electron chi connectivity index (χ4n) is 4.42. The molecule has 0 saturated carbocycles. The fourth-order valence-corrected chi connectivity index (χ4v) is 4.42. The van der Waals surface area contributed by atoms with Crippen LogP contribution in [0.5, 0.6) is 0 Å². The highest BCUT2D eigenvalue weighted by Crippen LogP contribution is 2.39. The van der Waals surface area contributed by atoms with Crippen LogP contribution in [0, 0.1) is 0 Å². The molecule has 0 saturated heterocycles. The third-order valence-electron chi connectivity index (χ3n) is 5.59. The van der Waals surface area contributed by atoms with E-state index >= 15 is 0 Å². The fraction of sp³-hybridized carbons (Fsp3) is 0. The summed E-state index contributed by atoms with van der Waals surface area (Å²) in [5, 5.41) is 13.3. The first-order valence-electron chi connectivity index (χ1n) is 9.05. The standard InChI is InChI=1S/C26H16/c1-2-8-18-16-25-19(15-17(18)7-1)13-14-24-22-11-4-3-9-20(22)21-10-5-6-12-23(21)26(24)25/h1-16H. The molecular weight excluding hydrogens is 312 g/mol. The summed E-state index contributed by atoms with van der Waals surface area (Å²) >= 11 is 0. The first-order valence-corrected chi connectivity index (χ1v) is 9.05. The van der Waals surface area contributed by atoms with Gasteiger partial charge in [-0.05, 0) is 66.0 Å². The Kier molecular flexibility index (Phi) is 2.70. The quantitative estimate of drug-likeness (QED) is 0.200. The summed E-state index contributed by atoms with van der Waals surface area (Å²) in [5.41, 5.74) is 0. The summed E-state index contributed by atoms with van der Waals surface area (Å²) in [5.74, 6) is 0. The Bertz CT molecular complexity index is 1440. The molecule has 26 heavy (non-hydrogen) atoms. The van der Waals surface area contributed by atoms with Crippen LogP contribution in [0.4, 0.5) is 0 Å². The highest BCUT2D eigenvalue weighted by molar-refractivity contribution is 6.32. The number of hydrogen-bond donors (Lipinski definition) is 0. The van der Waals surface area contributed by atoms with Gasteiger partial charge in [0, 0.05) is 0 Å². The van der Waals surface area contributed by atoms with Crippen LogP contribution in [0.25, 0.3) is 53.9 Å². The maximum Gasteiger partial charge on any atom is -0.00201 e. The lowest BCUT2D eigenvalue weighted by Gasteiger charge is -2.13. The molecule has 0 heterocycles. The normalized spacial score (nSPS) is 11.8. The topological polar surface area (TPSA) is 0 Å². The maximum atomic E-state index is 2.36. The number of fused-ring (bicyclic) bond motifs is 9. The summed E-state index contributed by atoms with van der Waals surface area (Å²) in [6.45, 7) is 0. The van der Waals surface area contributed by atoms with Crippen molar-refractivity contribution < 1.29 is 0 Å². The number of rotatable bonds is 0. The lowest BCUT2D eigenvalue weighted by Crippen LogP contribution is -1.85. The summed E-state index contributed by atoms with van der Waals surface area (Å²) in [7, 11) is 0. The molecule has 0 nitrogen and oxygen atoms in total. The van der Waals surface area contributed by atoms with Crippen LogP contribution in [-0.2, 0) is 0 Å². The van der Waals surface area contributed by atoms with Crippen molar-refractivity contribution in [2.75, 3.05) is 0 Å². The van der Waals surface area contributed by atoms with Crippen molar-refractivity contribution in [1.29, 1.82) is 0 Å². The Morgan fingerprint density at radius 1 is 0.308 bits per heavy atom. The monoisotopic (exact) mass is 328 g/mol. The van der Waals surface area contributed by atoms with Gasteiger partial charge in [-0.1, -0.05) is 84.9 Å². The van der Waals surface area contributed by atoms with Gasteiger partial charge >= 0.3 is 0 Å². The van der Waals surface area contributed by atoms with Crippen LogP contribution in [0.2, 0.25) is 0 Å². The molecule has 0 amide bonds. The van der Waals surface area contributed by atoms with Gasteiger partial charge in [-0.3, -0.25) is 0 Å². The summed E-state index contributed by atoms with van der Waals surface area (Å²) in [4.78, 5) is 0. The molecule has 0 unspecified atom stereocenters. The molecule has 0 aromatic heterocycles. The van der Waals surface area contributed by atoms with Crippen molar-refractivity contribution in [3.05, 3.63) is 97.1 Å². The van der Waals surface area contributed by atoms with Crippen LogP contribution >= 0.6 is 0 Å². The van der Waals surface area contributed by atoms with Gasteiger partial charge in [0.1, 0.15) is 0 Å². The molecule has 0 heteroatoms. The van der Waals surface area contributed by atoms with Gasteiger partial charge < -0.3 is 0 Å². The number of hydrogen-bond acceptors (Lipinski definition) is 0. The molecular formula is C26H16. The molecule has 6 aromatic carbocycles. The minimum absolute atomic E-state index is 1.30. The molecule has 0 N–H and O–H groups in total. The summed E-state index contributed by atoms with van der Waals surface area (Å²) in [6, 6.07) is 35.4. The van der Waals surface area contributed by atoms with Crippen LogP contribution in [0.15, 0.2) is 97.1 Å². The average molecular weight is 328 g/mol. The van der Waals surface area contributed by atoms with Gasteiger partial charge in [0.2, 0.25) is 0 Å². The van der Waals surface area contributed by atoms with Crippen LogP contribution < -0.4 is 0 Å². The van der Waals surface area contributed by atoms with E-state index in [9.17, 15) is 0 Å². The van der Waals surface area contributed by atoms with E-state index in [0.717, 1.165) is 0 Å². The Labute approximate surface area is 151 Å². The second kappa shape index (κ2) is 5.06. The molecule has 6 aromatic rings. The molecule has 6 rings (SSSR count). The van der Waals surface area contributed by atoms with Gasteiger partial charge in [0.15, 0.2) is 0 Å². The third-order valence-corrected chi connectivity index (χ3v) is 5.59. The Hall–Kier alpha value is -3.38. The van der Waals surface area contributed by atoms with E-state index < -0.39 is 0 Å². The molecule has 0 spiro atoms. The lowest BCUT2D eigenvalue weighted by atomic mass is 9.90. The van der Waals surface area contributed by atoms with E-state index in [1.807, 2.05) is 0 Å². The third kappa shape index (κ3) is 1.79. The van der Waals surface area contributed by atoms with E-state index in [1.54, 1.807) is 0 Å². The molecule has 0 fully saturated rings. The molecule has 0 aliphatic carbocycles. The zero-order valence-electron chi connectivity index (χ0n) is 14.2. The zero-order chi connectivity index (χ0) is 17.1. The number of benzene rings is 6. The molecule has 0 atom stereocenters. The van der Waals surface area contributed by atoms with E-state index in [-0.39, 0.29) is 0 Å². The molecule has 0 bridgehead atoms. The first kappa shape index (κ1) is 13.9. The highest BCUT2D eigenvalue weighted by atomic mass is 14.1. The van der Waals surface area contributed by atoms with Gasteiger partial charge in [0.25, 0.3) is 0 Å². The largest absolute Gasteiger partial charge is 0.0616 e. The smallest absolute Gasteiger partial charge is 0.00201 e. The van der Waals surface area contributed by atoms with Crippen molar-refractivity contribution in [1.82, 2.24) is 0 Å². The predicted octanol–water partition coefficient (Wildman–Crippen LogP) is 7.45. The van der Waals surface area contributed by atoms with E-state index in [4.69, 9.17) is 0 Å². The van der Waals surface area contributed by atoms with E-state index in [1.165, 1.54) is 53.9 Å². The van der Waals surface area contributed by atoms with Crippen LogP contribution in [0.3, 0.4) is 0 Å². The minimum Gasteiger partial charge on any atom is -0.0616 e. The SMILES string of the molecule is c1ccc2cc3c(ccc4c5ccccc5c5ccccc5c34)cc2c1.